The molecular weight excluding hydrogens is 194 g/mol. The van der Waals surface area contributed by atoms with Crippen molar-refractivity contribution in [3.63, 3.8) is 0 Å². The van der Waals surface area contributed by atoms with E-state index < -0.39 is 0 Å². The fourth-order valence-corrected chi connectivity index (χ4v) is 2.97. The Kier molecular flexibility index (Phi) is 2.57. The maximum absolute atomic E-state index is 2.28. The minimum Gasteiger partial charge on any atom is -0.350 e. The van der Waals surface area contributed by atoms with Gasteiger partial charge in [-0.2, -0.15) is 0 Å². The first-order chi connectivity index (χ1) is 7.45. The van der Waals surface area contributed by atoms with E-state index in [1.54, 1.807) is 0 Å². The quantitative estimate of drug-likeness (QED) is 0.671. The van der Waals surface area contributed by atoms with Crippen molar-refractivity contribution in [2.75, 3.05) is 0 Å². The van der Waals surface area contributed by atoms with Crippen molar-refractivity contribution in [1.82, 2.24) is 4.57 Å². The highest BCUT2D eigenvalue weighted by Crippen LogP contribution is 2.33. The Morgan fingerprint density at radius 1 is 1.00 bits per heavy atom. The maximum Gasteiger partial charge on any atom is 0.0512 e. The van der Waals surface area contributed by atoms with Crippen LogP contribution in [-0.2, 0) is 7.05 Å². The lowest BCUT2D eigenvalue weighted by Gasteiger charge is -2.18. The molecule has 0 atom stereocenters. The van der Waals surface area contributed by atoms with Gasteiger partial charge in [0.1, 0.15) is 0 Å². The van der Waals surface area contributed by atoms with Gasteiger partial charge in [0, 0.05) is 18.6 Å². The van der Waals surface area contributed by atoms with E-state index in [4.69, 9.17) is 0 Å². The van der Waals surface area contributed by atoms with Crippen LogP contribution in [-0.4, -0.2) is 4.57 Å². The number of fused-ring (bicyclic) bond motifs is 1. The standard InChI is InChI=1S/C15H21N/c1-9(2)14-10(3)11(4)15-13(12(14)5)7-8-16(15)6/h7-9H,1-6H3. The van der Waals surface area contributed by atoms with Crippen LogP contribution in [0.25, 0.3) is 10.9 Å². The number of rotatable bonds is 1. The van der Waals surface area contributed by atoms with Crippen LogP contribution in [0.1, 0.15) is 42.0 Å². The Labute approximate surface area is 98.1 Å². The van der Waals surface area contributed by atoms with Crippen LogP contribution in [0.2, 0.25) is 0 Å². The van der Waals surface area contributed by atoms with Crippen LogP contribution < -0.4 is 0 Å². The molecule has 1 aromatic heterocycles. The Balaban J connectivity index is 2.96. The summed E-state index contributed by atoms with van der Waals surface area (Å²) in [5, 5.41) is 1.41. The van der Waals surface area contributed by atoms with E-state index in [0.29, 0.717) is 5.92 Å². The van der Waals surface area contributed by atoms with Gasteiger partial charge in [0.05, 0.1) is 5.52 Å². The molecule has 0 saturated carbocycles. The van der Waals surface area contributed by atoms with Gasteiger partial charge in [0.15, 0.2) is 0 Å². The maximum atomic E-state index is 2.28. The van der Waals surface area contributed by atoms with Crippen molar-refractivity contribution in [2.24, 2.45) is 7.05 Å². The molecule has 0 aliphatic heterocycles. The Bertz CT molecular complexity index is 544. The third-order valence-electron chi connectivity index (χ3n) is 3.78. The third-order valence-corrected chi connectivity index (χ3v) is 3.78. The molecule has 0 amide bonds. The van der Waals surface area contributed by atoms with Crippen LogP contribution in [0.5, 0.6) is 0 Å². The van der Waals surface area contributed by atoms with E-state index in [0.717, 1.165) is 0 Å². The lowest BCUT2D eigenvalue weighted by Crippen LogP contribution is -2.01. The molecule has 0 aliphatic carbocycles. The first-order valence-corrected chi connectivity index (χ1v) is 5.99. The Morgan fingerprint density at radius 2 is 1.62 bits per heavy atom. The molecule has 16 heavy (non-hydrogen) atoms. The highest BCUT2D eigenvalue weighted by molar-refractivity contribution is 5.89. The molecule has 0 fully saturated rings. The molecule has 0 saturated heterocycles. The van der Waals surface area contributed by atoms with E-state index in [1.807, 2.05) is 0 Å². The number of aryl methyl sites for hydroxylation is 3. The van der Waals surface area contributed by atoms with Crippen molar-refractivity contribution in [3.05, 3.63) is 34.5 Å². The fourth-order valence-electron chi connectivity index (χ4n) is 2.97. The largest absolute Gasteiger partial charge is 0.350 e. The first kappa shape index (κ1) is 11.3. The van der Waals surface area contributed by atoms with Crippen molar-refractivity contribution < 1.29 is 0 Å². The van der Waals surface area contributed by atoms with E-state index in [1.165, 1.54) is 33.2 Å². The first-order valence-electron chi connectivity index (χ1n) is 5.99. The van der Waals surface area contributed by atoms with E-state index in [2.05, 4.69) is 58.5 Å². The number of hydrogen-bond acceptors (Lipinski definition) is 0. The van der Waals surface area contributed by atoms with Gasteiger partial charge in [0.25, 0.3) is 0 Å². The predicted molar refractivity (Wildman–Crippen MR) is 71.2 cm³/mol. The van der Waals surface area contributed by atoms with Crippen molar-refractivity contribution >= 4 is 10.9 Å². The molecule has 1 aromatic carbocycles. The molecule has 86 valence electrons. The zero-order valence-electron chi connectivity index (χ0n) is 11.2. The summed E-state index contributed by atoms with van der Waals surface area (Å²) < 4.78 is 2.23. The molecule has 0 spiro atoms. The summed E-state index contributed by atoms with van der Waals surface area (Å²) in [4.78, 5) is 0. The molecule has 0 unspecified atom stereocenters. The second kappa shape index (κ2) is 3.65. The fraction of sp³-hybridized carbons (Fsp3) is 0.467. The zero-order chi connectivity index (χ0) is 12.0. The summed E-state index contributed by atoms with van der Waals surface area (Å²) in [7, 11) is 2.13. The van der Waals surface area contributed by atoms with Crippen LogP contribution in [0.3, 0.4) is 0 Å². The number of hydrogen-bond donors (Lipinski definition) is 0. The van der Waals surface area contributed by atoms with Crippen molar-refractivity contribution in [3.8, 4) is 0 Å². The van der Waals surface area contributed by atoms with Gasteiger partial charge in [-0.3, -0.25) is 0 Å². The van der Waals surface area contributed by atoms with Gasteiger partial charge in [-0.1, -0.05) is 13.8 Å². The molecule has 1 nitrogen and oxygen atoms in total. The minimum atomic E-state index is 0.600. The Hall–Kier alpha value is -1.24. The number of benzene rings is 1. The summed E-state index contributed by atoms with van der Waals surface area (Å²) in [5.41, 5.74) is 7.25. The molecule has 1 heterocycles. The molecule has 0 bridgehead atoms. The van der Waals surface area contributed by atoms with Crippen molar-refractivity contribution in [2.45, 2.75) is 40.5 Å². The summed E-state index contributed by atoms with van der Waals surface area (Å²) in [6.07, 6.45) is 2.16. The number of aromatic nitrogens is 1. The van der Waals surface area contributed by atoms with E-state index in [-0.39, 0.29) is 0 Å². The highest BCUT2D eigenvalue weighted by atomic mass is 14.9. The highest BCUT2D eigenvalue weighted by Gasteiger charge is 2.15. The molecule has 2 rings (SSSR count). The molecule has 0 N–H and O–H groups in total. The van der Waals surface area contributed by atoms with Crippen molar-refractivity contribution in [1.29, 1.82) is 0 Å². The van der Waals surface area contributed by atoms with Gasteiger partial charge < -0.3 is 4.57 Å². The summed E-state index contributed by atoms with van der Waals surface area (Å²) in [6, 6.07) is 2.24. The lowest BCUT2D eigenvalue weighted by atomic mass is 9.88. The smallest absolute Gasteiger partial charge is 0.0512 e. The summed E-state index contributed by atoms with van der Waals surface area (Å²) in [6.45, 7) is 11.3. The predicted octanol–water partition coefficient (Wildman–Crippen LogP) is 4.23. The Morgan fingerprint density at radius 3 is 2.19 bits per heavy atom. The van der Waals surface area contributed by atoms with Gasteiger partial charge in [-0.05, 0) is 55.0 Å². The lowest BCUT2D eigenvalue weighted by molar-refractivity contribution is 0.845. The normalized spacial score (nSPS) is 11.7. The molecule has 0 radical (unpaired) electrons. The molecule has 1 heteroatoms. The second-order valence-electron chi connectivity index (χ2n) is 5.13. The average Bonchev–Trinajstić information content (AvgIpc) is 2.57. The van der Waals surface area contributed by atoms with E-state index >= 15 is 0 Å². The van der Waals surface area contributed by atoms with Gasteiger partial charge in [-0.25, -0.2) is 0 Å². The third kappa shape index (κ3) is 1.38. The molecular formula is C15H21N. The van der Waals surface area contributed by atoms with Crippen LogP contribution in [0.15, 0.2) is 12.3 Å². The molecule has 2 aromatic rings. The topological polar surface area (TPSA) is 4.93 Å². The average molecular weight is 215 g/mol. The van der Waals surface area contributed by atoms with Gasteiger partial charge >= 0.3 is 0 Å². The van der Waals surface area contributed by atoms with Crippen LogP contribution >= 0.6 is 0 Å². The van der Waals surface area contributed by atoms with Crippen LogP contribution in [0.4, 0.5) is 0 Å². The summed E-state index contributed by atoms with van der Waals surface area (Å²) in [5.74, 6) is 0.600. The zero-order valence-corrected chi connectivity index (χ0v) is 11.2. The van der Waals surface area contributed by atoms with Gasteiger partial charge in [-0.15, -0.1) is 0 Å². The van der Waals surface area contributed by atoms with Gasteiger partial charge in [0.2, 0.25) is 0 Å². The SMILES string of the molecule is Cc1c(C(C)C)c(C)c2ccn(C)c2c1C. The monoisotopic (exact) mass is 215 g/mol. The second-order valence-corrected chi connectivity index (χ2v) is 5.13. The molecule has 0 aliphatic rings. The van der Waals surface area contributed by atoms with Crippen LogP contribution in [0, 0.1) is 20.8 Å². The minimum absolute atomic E-state index is 0.600. The summed E-state index contributed by atoms with van der Waals surface area (Å²) >= 11 is 0. The van der Waals surface area contributed by atoms with E-state index in [9.17, 15) is 0 Å². The number of nitrogens with zero attached hydrogens (tertiary/aromatic N) is 1.